The van der Waals surface area contributed by atoms with Gasteiger partial charge >= 0.3 is 0 Å². The number of aryl methyl sites for hydroxylation is 4. The third kappa shape index (κ3) is 5.12. The average molecular weight is 467 g/mol. The van der Waals surface area contributed by atoms with Crippen LogP contribution >= 0.6 is 0 Å². The first-order valence-corrected chi connectivity index (χ1v) is 11.8. The van der Waals surface area contributed by atoms with Crippen molar-refractivity contribution < 1.29 is 9.47 Å². The van der Waals surface area contributed by atoms with Crippen LogP contribution < -0.4 is 20.9 Å². The Morgan fingerprint density at radius 1 is 0.486 bits per heavy atom. The number of anilines is 2. The maximum atomic E-state index is 6.12. The highest BCUT2D eigenvalue weighted by Crippen LogP contribution is 2.42. The Labute approximate surface area is 208 Å². The molecular formula is C31H34N2O2. The number of hydrogen-bond acceptors (Lipinski definition) is 4. The van der Waals surface area contributed by atoms with E-state index in [9.17, 15) is 0 Å². The molecule has 0 aliphatic rings. The Bertz CT molecular complexity index is 1200. The molecule has 0 spiro atoms. The van der Waals surface area contributed by atoms with Crippen LogP contribution in [0.4, 0.5) is 11.4 Å². The van der Waals surface area contributed by atoms with Crippen LogP contribution in [0.1, 0.15) is 47.2 Å². The Morgan fingerprint density at radius 2 is 0.771 bits per heavy atom. The van der Waals surface area contributed by atoms with E-state index in [-0.39, 0.29) is 5.41 Å². The molecular weight excluding hydrogens is 432 g/mol. The summed E-state index contributed by atoms with van der Waals surface area (Å²) in [7, 11) is 0. The highest BCUT2D eigenvalue weighted by Gasteiger charge is 2.30. The van der Waals surface area contributed by atoms with Crippen LogP contribution in [0.15, 0.2) is 72.8 Å². The molecule has 0 fully saturated rings. The number of rotatable bonds is 6. The summed E-state index contributed by atoms with van der Waals surface area (Å²) >= 11 is 0. The molecule has 0 amide bonds. The van der Waals surface area contributed by atoms with E-state index in [4.69, 9.17) is 20.9 Å². The Morgan fingerprint density at radius 3 is 1.06 bits per heavy atom. The van der Waals surface area contributed by atoms with E-state index in [1.165, 1.54) is 33.4 Å². The lowest BCUT2D eigenvalue weighted by Gasteiger charge is -2.33. The Balaban J connectivity index is 1.66. The van der Waals surface area contributed by atoms with Gasteiger partial charge in [-0.3, -0.25) is 0 Å². The summed E-state index contributed by atoms with van der Waals surface area (Å²) in [4.78, 5) is 0. The molecule has 0 saturated heterocycles. The molecule has 4 heteroatoms. The van der Waals surface area contributed by atoms with Gasteiger partial charge < -0.3 is 20.9 Å². The summed E-state index contributed by atoms with van der Waals surface area (Å²) in [5.74, 6) is 3.19. The summed E-state index contributed by atoms with van der Waals surface area (Å²) in [5, 5.41) is 0. The second-order valence-corrected chi connectivity index (χ2v) is 9.83. The van der Waals surface area contributed by atoms with E-state index < -0.39 is 0 Å². The van der Waals surface area contributed by atoms with E-state index in [0.717, 1.165) is 34.4 Å². The van der Waals surface area contributed by atoms with E-state index in [2.05, 4.69) is 65.8 Å². The summed E-state index contributed by atoms with van der Waals surface area (Å²) in [5.41, 5.74) is 20.2. The first-order chi connectivity index (χ1) is 16.5. The lowest BCUT2D eigenvalue weighted by atomic mass is 9.71. The summed E-state index contributed by atoms with van der Waals surface area (Å²) < 4.78 is 12.2. The van der Waals surface area contributed by atoms with Gasteiger partial charge in [-0.1, -0.05) is 13.8 Å². The number of ether oxygens (including phenoxy) is 2. The Kier molecular flexibility index (Phi) is 6.49. The molecule has 0 aliphatic carbocycles. The fourth-order valence-electron chi connectivity index (χ4n) is 5.41. The van der Waals surface area contributed by atoms with Gasteiger partial charge in [-0.05, 0) is 134 Å². The average Bonchev–Trinajstić information content (AvgIpc) is 2.75. The standard InChI is InChI=1S/C31H34N2O2/c1-19-15-27(34-25-11-7-23(32)8-12-25)16-20(2)29(19)31(5,6)30-21(3)17-28(18-22(30)4)35-26-13-9-24(33)10-14-26/h7-18H,32-33H2,1-6H3. The van der Waals surface area contributed by atoms with E-state index in [0.29, 0.717) is 0 Å². The van der Waals surface area contributed by atoms with Crippen LogP contribution in [0.2, 0.25) is 0 Å². The van der Waals surface area contributed by atoms with Crippen LogP contribution in [0.3, 0.4) is 0 Å². The monoisotopic (exact) mass is 466 g/mol. The first kappa shape index (κ1) is 24.2. The van der Waals surface area contributed by atoms with Crippen LogP contribution in [0.5, 0.6) is 23.0 Å². The smallest absolute Gasteiger partial charge is 0.127 e. The normalized spacial score (nSPS) is 11.4. The van der Waals surface area contributed by atoms with Crippen molar-refractivity contribution in [1.82, 2.24) is 0 Å². The van der Waals surface area contributed by atoms with Gasteiger partial charge in [0.15, 0.2) is 0 Å². The Hall–Kier alpha value is -3.92. The highest BCUT2D eigenvalue weighted by atomic mass is 16.5. The molecule has 4 nitrogen and oxygen atoms in total. The number of benzene rings is 4. The quantitative estimate of drug-likeness (QED) is 0.282. The minimum absolute atomic E-state index is 0.207. The zero-order valence-electron chi connectivity index (χ0n) is 21.4. The fourth-order valence-corrected chi connectivity index (χ4v) is 5.41. The molecule has 0 heterocycles. The van der Waals surface area contributed by atoms with Gasteiger partial charge in [0.1, 0.15) is 23.0 Å². The topological polar surface area (TPSA) is 70.5 Å². The predicted octanol–water partition coefficient (Wildman–Crippen LogP) is 8.00. The van der Waals surface area contributed by atoms with Gasteiger partial charge in [0.2, 0.25) is 0 Å². The molecule has 0 atom stereocenters. The molecule has 4 aromatic carbocycles. The van der Waals surface area contributed by atoms with Gasteiger partial charge in [-0.25, -0.2) is 0 Å². The lowest BCUT2D eigenvalue weighted by molar-refractivity contribution is 0.479. The molecule has 0 saturated carbocycles. The number of nitrogens with two attached hydrogens (primary N) is 2. The first-order valence-electron chi connectivity index (χ1n) is 11.8. The van der Waals surface area contributed by atoms with Crippen LogP contribution in [0, 0.1) is 27.7 Å². The lowest BCUT2D eigenvalue weighted by Crippen LogP contribution is -2.24. The zero-order chi connectivity index (χ0) is 25.3. The third-order valence-electron chi connectivity index (χ3n) is 6.49. The maximum absolute atomic E-state index is 6.12. The van der Waals surface area contributed by atoms with Crippen molar-refractivity contribution in [2.45, 2.75) is 47.0 Å². The SMILES string of the molecule is Cc1cc(Oc2ccc(N)cc2)cc(C)c1C(C)(C)c1c(C)cc(Oc2ccc(N)cc2)cc1C. The van der Waals surface area contributed by atoms with Crippen molar-refractivity contribution in [1.29, 1.82) is 0 Å². The minimum atomic E-state index is -0.207. The van der Waals surface area contributed by atoms with Crippen molar-refractivity contribution >= 4 is 11.4 Å². The van der Waals surface area contributed by atoms with Crippen LogP contribution in [-0.2, 0) is 5.41 Å². The zero-order valence-corrected chi connectivity index (χ0v) is 21.4. The van der Waals surface area contributed by atoms with Gasteiger partial charge in [0.25, 0.3) is 0 Å². The molecule has 4 rings (SSSR count). The molecule has 4 aromatic rings. The molecule has 4 N–H and O–H groups in total. The van der Waals surface area contributed by atoms with Crippen LogP contribution in [0.25, 0.3) is 0 Å². The van der Waals surface area contributed by atoms with Gasteiger partial charge in [0.05, 0.1) is 0 Å². The molecule has 0 bridgehead atoms. The summed E-state index contributed by atoms with van der Waals surface area (Å²) in [6.07, 6.45) is 0. The predicted molar refractivity (Wildman–Crippen MR) is 146 cm³/mol. The van der Waals surface area contributed by atoms with E-state index in [1.807, 2.05) is 48.5 Å². The summed E-state index contributed by atoms with van der Waals surface area (Å²) in [6, 6.07) is 23.4. The minimum Gasteiger partial charge on any atom is -0.457 e. The van der Waals surface area contributed by atoms with Gasteiger partial charge in [-0.2, -0.15) is 0 Å². The van der Waals surface area contributed by atoms with Crippen LogP contribution in [-0.4, -0.2) is 0 Å². The molecule has 0 unspecified atom stereocenters. The molecule has 0 aliphatic heterocycles. The molecule has 35 heavy (non-hydrogen) atoms. The molecule has 0 radical (unpaired) electrons. The van der Waals surface area contributed by atoms with Crippen molar-refractivity contribution in [3.63, 3.8) is 0 Å². The van der Waals surface area contributed by atoms with Crippen molar-refractivity contribution in [3.05, 3.63) is 106 Å². The summed E-state index contributed by atoms with van der Waals surface area (Å²) in [6.45, 7) is 13.2. The molecule has 0 aromatic heterocycles. The van der Waals surface area contributed by atoms with Crippen molar-refractivity contribution in [2.24, 2.45) is 0 Å². The number of nitrogen functional groups attached to an aromatic ring is 2. The third-order valence-corrected chi connectivity index (χ3v) is 6.49. The number of hydrogen-bond donors (Lipinski definition) is 2. The largest absolute Gasteiger partial charge is 0.457 e. The van der Waals surface area contributed by atoms with Gasteiger partial charge in [-0.15, -0.1) is 0 Å². The van der Waals surface area contributed by atoms with E-state index >= 15 is 0 Å². The van der Waals surface area contributed by atoms with Gasteiger partial charge in [0, 0.05) is 16.8 Å². The molecule has 180 valence electrons. The second-order valence-electron chi connectivity index (χ2n) is 9.83. The maximum Gasteiger partial charge on any atom is 0.127 e. The fraction of sp³-hybridized carbons (Fsp3) is 0.226. The highest BCUT2D eigenvalue weighted by molar-refractivity contribution is 5.56. The van der Waals surface area contributed by atoms with Crippen molar-refractivity contribution in [2.75, 3.05) is 11.5 Å². The van der Waals surface area contributed by atoms with Crippen molar-refractivity contribution in [3.8, 4) is 23.0 Å². The second kappa shape index (κ2) is 9.38. The van der Waals surface area contributed by atoms with E-state index in [1.54, 1.807) is 0 Å².